The van der Waals surface area contributed by atoms with Crippen molar-refractivity contribution in [3.63, 3.8) is 0 Å². The second-order valence-electron chi connectivity index (χ2n) is 18.5. The van der Waals surface area contributed by atoms with Gasteiger partial charge in [0.25, 0.3) is 0 Å². The Labute approximate surface area is 400 Å². The van der Waals surface area contributed by atoms with Crippen LogP contribution < -0.4 is 0 Å². The van der Waals surface area contributed by atoms with E-state index >= 15 is 0 Å². The van der Waals surface area contributed by atoms with Crippen LogP contribution >= 0.6 is 0 Å². The maximum atomic E-state index is 6.63. The van der Waals surface area contributed by atoms with Gasteiger partial charge in [0, 0.05) is 49.0 Å². The molecule has 0 fully saturated rings. The zero-order valence-corrected chi connectivity index (χ0v) is 37.4. The van der Waals surface area contributed by atoms with Gasteiger partial charge in [-0.15, -0.1) is 0 Å². The van der Waals surface area contributed by atoms with E-state index in [0.717, 1.165) is 77.3 Å². The number of fused-ring (bicyclic) bond motifs is 20. The maximum Gasteiger partial charge on any atom is 0.167 e. The van der Waals surface area contributed by atoms with Crippen molar-refractivity contribution in [2.45, 2.75) is 5.41 Å². The number of benzene rings is 10. The van der Waals surface area contributed by atoms with Crippen molar-refractivity contribution < 1.29 is 8.83 Å². The third-order valence-electron chi connectivity index (χ3n) is 15.1. The first kappa shape index (κ1) is 37.7. The van der Waals surface area contributed by atoms with Crippen LogP contribution in [-0.2, 0) is 5.41 Å². The molecule has 2 aliphatic carbocycles. The molecular formula is C64H36N4O2. The van der Waals surface area contributed by atoms with Crippen LogP contribution in [0.5, 0.6) is 0 Å². The van der Waals surface area contributed by atoms with Gasteiger partial charge in [0.15, 0.2) is 17.5 Å². The van der Waals surface area contributed by atoms with Crippen LogP contribution in [0.3, 0.4) is 0 Å². The number of aromatic nitrogens is 4. The smallest absolute Gasteiger partial charge is 0.167 e. The fraction of sp³-hybridized carbons (Fsp3) is 0.0156. The van der Waals surface area contributed by atoms with E-state index in [4.69, 9.17) is 23.8 Å². The van der Waals surface area contributed by atoms with Crippen LogP contribution in [-0.4, -0.2) is 19.5 Å². The first-order chi connectivity index (χ1) is 34.7. The second-order valence-corrected chi connectivity index (χ2v) is 18.5. The second kappa shape index (κ2) is 13.8. The van der Waals surface area contributed by atoms with Gasteiger partial charge in [-0.2, -0.15) is 0 Å². The van der Waals surface area contributed by atoms with Crippen molar-refractivity contribution in [2.24, 2.45) is 0 Å². The molecule has 0 unspecified atom stereocenters. The molecule has 0 saturated carbocycles. The van der Waals surface area contributed by atoms with E-state index in [9.17, 15) is 0 Å². The summed E-state index contributed by atoms with van der Waals surface area (Å²) in [6, 6.07) is 77.9. The van der Waals surface area contributed by atoms with Crippen LogP contribution in [0.4, 0.5) is 0 Å². The van der Waals surface area contributed by atoms with Crippen LogP contribution in [0.25, 0.3) is 128 Å². The monoisotopic (exact) mass is 892 g/mol. The number of para-hydroxylation sites is 5. The molecule has 0 bridgehead atoms. The van der Waals surface area contributed by atoms with E-state index in [0.29, 0.717) is 17.5 Å². The SMILES string of the molecule is c1ccc(-n2c3ccccc3c3ccc4c(c32)-c2ccccc2C42c3ccccc3-c3ccccc32)c(-c2nc(-c3ccc4c(c3)oc3ccccc34)nc(-c3cccc4c3oc3ccccc34)n2)c1. The summed E-state index contributed by atoms with van der Waals surface area (Å²) in [7, 11) is 0. The van der Waals surface area contributed by atoms with Gasteiger partial charge in [0.1, 0.15) is 22.3 Å². The van der Waals surface area contributed by atoms with Crippen molar-refractivity contribution in [1.82, 2.24) is 19.5 Å². The molecule has 10 aromatic carbocycles. The fourth-order valence-electron chi connectivity index (χ4n) is 12.3. The molecule has 16 rings (SSSR count). The summed E-state index contributed by atoms with van der Waals surface area (Å²) in [5, 5.41) is 6.51. The maximum absolute atomic E-state index is 6.63. The highest BCUT2D eigenvalue weighted by Gasteiger charge is 2.52. The molecule has 0 N–H and O–H groups in total. The van der Waals surface area contributed by atoms with Gasteiger partial charge in [-0.1, -0.05) is 170 Å². The summed E-state index contributed by atoms with van der Waals surface area (Å²) in [5.41, 5.74) is 18.6. The van der Waals surface area contributed by atoms with Crippen molar-refractivity contribution in [3.8, 4) is 62.1 Å². The quantitative estimate of drug-likeness (QED) is 0.176. The highest BCUT2D eigenvalue weighted by Crippen LogP contribution is 2.64. The molecule has 1 spiro atoms. The predicted octanol–water partition coefficient (Wildman–Crippen LogP) is 16.1. The molecule has 324 valence electrons. The largest absolute Gasteiger partial charge is 0.456 e. The summed E-state index contributed by atoms with van der Waals surface area (Å²) < 4.78 is 15.5. The van der Waals surface area contributed by atoms with Gasteiger partial charge in [0.2, 0.25) is 0 Å². The molecule has 0 atom stereocenters. The minimum Gasteiger partial charge on any atom is -0.456 e. The minimum absolute atomic E-state index is 0.495. The number of furan rings is 2. The summed E-state index contributed by atoms with van der Waals surface area (Å²) in [5.74, 6) is 1.59. The highest BCUT2D eigenvalue weighted by atomic mass is 16.3. The Hall–Kier alpha value is -9.39. The number of rotatable bonds is 4. The summed E-state index contributed by atoms with van der Waals surface area (Å²) >= 11 is 0. The van der Waals surface area contributed by atoms with E-state index in [1.165, 1.54) is 55.3 Å². The summed E-state index contributed by atoms with van der Waals surface area (Å²) in [6.07, 6.45) is 0. The summed E-state index contributed by atoms with van der Waals surface area (Å²) in [6.45, 7) is 0. The van der Waals surface area contributed by atoms with E-state index in [1.807, 2.05) is 42.5 Å². The van der Waals surface area contributed by atoms with Crippen molar-refractivity contribution in [3.05, 3.63) is 241 Å². The van der Waals surface area contributed by atoms with Crippen LogP contribution in [0, 0.1) is 0 Å². The first-order valence-electron chi connectivity index (χ1n) is 23.8. The Morgan fingerprint density at radius 1 is 0.343 bits per heavy atom. The predicted molar refractivity (Wildman–Crippen MR) is 281 cm³/mol. The van der Waals surface area contributed by atoms with E-state index in [1.54, 1.807) is 0 Å². The number of hydrogen-bond donors (Lipinski definition) is 0. The molecule has 0 saturated heterocycles. The van der Waals surface area contributed by atoms with Crippen molar-refractivity contribution in [1.29, 1.82) is 0 Å². The number of hydrogen-bond acceptors (Lipinski definition) is 5. The lowest BCUT2D eigenvalue weighted by atomic mass is 9.70. The van der Waals surface area contributed by atoms with Crippen LogP contribution in [0.15, 0.2) is 227 Å². The third kappa shape index (κ3) is 4.88. The molecule has 4 heterocycles. The van der Waals surface area contributed by atoms with Crippen molar-refractivity contribution >= 4 is 65.7 Å². The van der Waals surface area contributed by atoms with Crippen LogP contribution in [0.2, 0.25) is 0 Å². The van der Waals surface area contributed by atoms with Gasteiger partial charge in [-0.25, -0.2) is 15.0 Å². The zero-order valence-electron chi connectivity index (χ0n) is 37.4. The number of nitrogens with zero attached hydrogens (tertiary/aromatic N) is 4. The Morgan fingerprint density at radius 2 is 0.871 bits per heavy atom. The average Bonchev–Trinajstić information content (AvgIpc) is 4.22. The van der Waals surface area contributed by atoms with Crippen molar-refractivity contribution in [2.75, 3.05) is 0 Å². The molecule has 4 aromatic heterocycles. The lowest BCUT2D eigenvalue weighted by Crippen LogP contribution is -2.25. The molecule has 6 heteroatoms. The lowest BCUT2D eigenvalue weighted by Gasteiger charge is -2.30. The van der Waals surface area contributed by atoms with Gasteiger partial charge in [-0.05, 0) is 87.5 Å². The van der Waals surface area contributed by atoms with Gasteiger partial charge < -0.3 is 13.4 Å². The molecule has 0 amide bonds. The normalized spacial score (nSPS) is 13.3. The average molecular weight is 893 g/mol. The minimum atomic E-state index is -0.495. The zero-order chi connectivity index (χ0) is 45.7. The topological polar surface area (TPSA) is 69.9 Å². The molecule has 0 aliphatic heterocycles. The standard InChI is InChI=1S/C64H36N4O2/c1-8-25-49-38(16-1)39-17-2-9-26-50(39)64(49)51-27-10-3-21-46(51)58-52(64)35-34-44-40-18-4-11-28-53(40)68(59(44)58)54-29-12-5-22-47(54)62-65-61(37-32-33-43-41-19-6-13-30-55(41)69-57(43)36-37)66-63(67-62)48-24-15-23-45-42-20-7-14-31-56(42)70-60(45)48/h1-36H. The van der Waals surface area contributed by atoms with Gasteiger partial charge in [0.05, 0.1) is 27.7 Å². The molecule has 6 nitrogen and oxygen atoms in total. The molecule has 70 heavy (non-hydrogen) atoms. The molecule has 2 aliphatic rings. The van der Waals surface area contributed by atoms with Gasteiger partial charge in [-0.3, -0.25) is 0 Å². The highest BCUT2D eigenvalue weighted by molar-refractivity contribution is 6.17. The molecule has 0 radical (unpaired) electrons. The third-order valence-corrected chi connectivity index (χ3v) is 15.1. The molecule has 14 aromatic rings. The summed E-state index contributed by atoms with van der Waals surface area (Å²) in [4.78, 5) is 16.2. The Morgan fingerprint density at radius 3 is 1.64 bits per heavy atom. The fourth-order valence-corrected chi connectivity index (χ4v) is 12.3. The first-order valence-corrected chi connectivity index (χ1v) is 23.8. The molecular weight excluding hydrogens is 857 g/mol. The van der Waals surface area contributed by atoms with E-state index < -0.39 is 5.41 Å². The Bertz CT molecular complexity index is 4530. The van der Waals surface area contributed by atoms with Crippen LogP contribution in [0.1, 0.15) is 22.3 Å². The lowest BCUT2D eigenvalue weighted by molar-refractivity contribution is 0.668. The van der Waals surface area contributed by atoms with E-state index in [-0.39, 0.29) is 0 Å². The Kier molecular flexibility index (Phi) is 7.45. The van der Waals surface area contributed by atoms with Gasteiger partial charge >= 0.3 is 0 Å². The Balaban J connectivity index is 0.987. The van der Waals surface area contributed by atoms with E-state index in [2.05, 4.69) is 180 Å².